The van der Waals surface area contributed by atoms with Crippen LogP contribution in [0.25, 0.3) is 11.4 Å². The second-order valence-corrected chi connectivity index (χ2v) is 9.01. The maximum Gasteiger partial charge on any atom is 0.419 e. The van der Waals surface area contributed by atoms with E-state index in [1.807, 2.05) is 35.2 Å². The van der Waals surface area contributed by atoms with Crippen LogP contribution in [0.5, 0.6) is 0 Å². The van der Waals surface area contributed by atoms with Gasteiger partial charge >= 0.3 is 6.18 Å². The highest BCUT2D eigenvalue weighted by molar-refractivity contribution is 5.59. The highest BCUT2D eigenvalue weighted by atomic mass is 19.4. The number of aromatic nitrogens is 4. The predicted octanol–water partition coefficient (Wildman–Crippen LogP) is 4.66. The van der Waals surface area contributed by atoms with Gasteiger partial charge in [-0.1, -0.05) is 30.3 Å². The van der Waals surface area contributed by atoms with E-state index >= 15 is 0 Å². The lowest BCUT2D eigenvalue weighted by Gasteiger charge is -2.37. The Kier molecular flexibility index (Phi) is 6.44. The zero-order chi connectivity index (χ0) is 24.4. The molecule has 2 aliphatic rings. The summed E-state index contributed by atoms with van der Waals surface area (Å²) in [5.74, 6) is 1.80. The van der Waals surface area contributed by atoms with Crippen LogP contribution in [-0.4, -0.2) is 58.7 Å². The van der Waals surface area contributed by atoms with Gasteiger partial charge in [-0.3, -0.25) is 0 Å². The number of hydrogen-bond donors (Lipinski definition) is 0. The Morgan fingerprint density at radius 3 is 2.23 bits per heavy atom. The zero-order valence-electron chi connectivity index (χ0n) is 19.6. The van der Waals surface area contributed by atoms with Gasteiger partial charge in [-0.05, 0) is 38.3 Å². The van der Waals surface area contributed by atoms with Crippen LogP contribution in [0.4, 0.5) is 30.9 Å². The van der Waals surface area contributed by atoms with Crippen LogP contribution in [0.3, 0.4) is 0 Å². The molecule has 2 aliphatic heterocycles. The molecular formula is C25H28F3N7. The molecule has 1 unspecified atom stereocenters. The Morgan fingerprint density at radius 2 is 1.51 bits per heavy atom. The molecule has 0 radical (unpaired) electrons. The van der Waals surface area contributed by atoms with E-state index in [4.69, 9.17) is 15.0 Å². The van der Waals surface area contributed by atoms with E-state index in [1.165, 1.54) is 18.7 Å². The molecule has 1 aromatic carbocycles. The van der Waals surface area contributed by atoms with Crippen LogP contribution in [0.15, 0.2) is 48.7 Å². The third-order valence-corrected chi connectivity index (χ3v) is 6.66. The molecule has 0 N–H and O–H groups in total. The van der Waals surface area contributed by atoms with Gasteiger partial charge in [-0.15, -0.1) is 0 Å². The van der Waals surface area contributed by atoms with Gasteiger partial charge in [0.25, 0.3) is 0 Å². The molecule has 4 heterocycles. The van der Waals surface area contributed by atoms with Crippen LogP contribution in [0.2, 0.25) is 0 Å². The summed E-state index contributed by atoms with van der Waals surface area (Å²) >= 11 is 0. The Balaban J connectivity index is 1.42. The van der Waals surface area contributed by atoms with Crippen molar-refractivity contribution in [3.8, 4) is 11.4 Å². The number of piperidine rings is 1. The van der Waals surface area contributed by atoms with E-state index in [1.54, 1.807) is 4.90 Å². The van der Waals surface area contributed by atoms with Gasteiger partial charge in [0.05, 0.1) is 5.56 Å². The molecule has 35 heavy (non-hydrogen) atoms. The molecule has 5 rings (SSSR count). The van der Waals surface area contributed by atoms with Gasteiger partial charge in [0.1, 0.15) is 5.82 Å². The molecule has 1 atom stereocenters. The maximum absolute atomic E-state index is 13.5. The number of halogens is 3. The Hall–Kier alpha value is -3.43. The van der Waals surface area contributed by atoms with E-state index in [0.717, 1.165) is 31.0 Å². The topological polar surface area (TPSA) is 61.3 Å². The average Bonchev–Trinajstić information content (AvgIpc) is 2.89. The van der Waals surface area contributed by atoms with Crippen molar-refractivity contribution in [2.75, 3.05) is 47.4 Å². The maximum atomic E-state index is 13.5. The normalized spacial score (nSPS) is 19.2. The fourth-order valence-electron chi connectivity index (χ4n) is 4.72. The number of alkyl halides is 3. The minimum atomic E-state index is -4.44. The Labute approximate surface area is 202 Å². The van der Waals surface area contributed by atoms with Crippen LogP contribution >= 0.6 is 0 Å². The molecule has 3 aromatic rings. The first-order valence-electron chi connectivity index (χ1n) is 12.0. The van der Waals surface area contributed by atoms with Crippen LogP contribution in [0.1, 0.15) is 31.7 Å². The molecule has 7 nitrogen and oxygen atoms in total. The number of hydrogen-bond acceptors (Lipinski definition) is 7. The number of nitrogens with zero attached hydrogens (tertiary/aromatic N) is 7. The van der Waals surface area contributed by atoms with Gasteiger partial charge in [0.2, 0.25) is 11.9 Å². The molecular weight excluding hydrogens is 455 g/mol. The minimum Gasteiger partial charge on any atom is -0.353 e. The van der Waals surface area contributed by atoms with E-state index < -0.39 is 11.7 Å². The third kappa shape index (κ3) is 5.01. The molecule has 2 fully saturated rings. The van der Waals surface area contributed by atoms with E-state index in [-0.39, 0.29) is 5.82 Å². The monoisotopic (exact) mass is 483 g/mol. The average molecular weight is 484 g/mol. The molecule has 0 saturated carbocycles. The summed E-state index contributed by atoms with van der Waals surface area (Å²) in [4.78, 5) is 24.4. The highest BCUT2D eigenvalue weighted by Gasteiger charge is 2.36. The van der Waals surface area contributed by atoms with Gasteiger partial charge < -0.3 is 14.7 Å². The molecule has 2 saturated heterocycles. The largest absolute Gasteiger partial charge is 0.419 e. The fraction of sp³-hybridized carbons (Fsp3) is 0.440. The predicted molar refractivity (Wildman–Crippen MR) is 130 cm³/mol. The number of benzene rings is 1. The summed E-state index contributed by atoms with van der Waals surface area (Å²) in [6.07, 6.45) is 0.333. The molecule has 184 valence electrons. The summed E-state index contributed by atoms with van der Waals surface area (Å²) in [6.45, 7) is 4.84. The van der Waals surface area contributed by atoms with Gasteiger partial charge in [-0.25, -0.2) is 4.98 Å². The fourth-order valence-corrected chi connectivity index (χ4v) is 4.72. The van der Waals surface area contributed by atoms with Crippen molar-refractivity contribution in [1.82, 2.24) is 19.9 Å². The van der Waals surface area contributed by atoms with Gasteiger partial charge in [0.15, 0.2) is 5.82 Å². The Bertz CT molecular complexity index is 1150. The van der Waals surface area contributed by atoms with Crippen molar-refractivity contribution in [3.05, 3.63) is 54.2 Å². The zero-order valence-corrected chi connectivity index (χ0v) is 19.6. The van der Waals surface area contributed by atoms with E-state index in [0.29, 0.717) is 49.9 Å². The van der Waals surface area contributed by atoms with Crippen molar-refractivity contribution in [2.24, 2.45) is 0 Å². The number of anilines is 3. The molecule has 10 heteroatoms. The molecule has 0 aliphatic carbocycles. The van der Waals surface area contributed by atoms with Crippen LogP contribution in [0, 0.1) is 0 Å². The summed E-state index contributed by atoms with van der Waals surface area (Å²) in [5, 5.41) is 0. The quantitative estimate of drug-likeness (QED) is 0.535. The van der Waals surface area contributed by atoms with Crippen molar-refractivity contribution < 1.29 is 13.2 Å². The van der Waals surface area contributed by atoms with Crippen LogP contribution in [-0.2, 0) is 6.18 Å². The standard InChI is InChI=1S/C25H28F3N7/c1-18-8-5-6-13-35(18)24-31-21(19-9-3-2-4-10-19)30-23(32-24)34-16-14-33(15-17-34)22-20(25(26,27)28)11-7-12-29-22/h2-4,7,9-12,18H,5-6,8,13-17H2,1H3. The van der Waals surface area contributed by atoms with Crippen molar-refractivity contribution in [1.29, 1.82) is 0 Å². The third-order valence-electron chi connectivity index (χ3n) is 6.66. The highest BCUT2D eigenvalue weighted by Crippen LogP contribution is 2.35. The van der Waals surface area contributed by atoms with Gasteiger partial charge in [0, 0.05) is 50.5 Å². The first kappa shape index (κ1) is 23.3. The summed E-state index contributed by atoms with van der Waals surface area (Å²) in [6, 6.07) is 12.5. The molecule has 0 amide bonds. The first-order valence-corrected chi connectivity index (χ1v) is 12.0. The lowest BCUT2D eigenvalue weighted by Crippen LogP contribution is -2.48. The minimum absolute atomic E-state index is 0.0249. The Morgan fingerprint density at radius 1 is 0.800 bits per heavy atom. The molecule has 0 bridgehead atoms. The lowest BCUT2D eigenvalue weighted by molar-refractivity contribution is -0.137. The van der Waals surface area contributed by atoms with Crippen molar-refractivity contribution >= 4 is 17.7 Å². The second-order valence-electron chi connectivity index (χ2n) is 9.01. The van der Waals surface area contributed by atoms with Crippen molar-refractivity contribution in [2.45, 2.75) is 38.4 Å². The van der Waals surface area contributed by atoms with Crippen LogP contribution < -0.4 is 14.7 Å². The van der Waals surface area contributed by atoms with E-state index in [9.17, 15) is 13.2 Å². The summed E-state index contributed by atoms with van der Waals surface area (Å²) in [7, 11) is 0. The van der Waals surface area contributed by atoms with Gasteiger partial charge in [-0.2, -0.15) is 28.1 Å². The molecule has 2 aromatic heterocycles. The lowest BCUT2D eigenvalue weighted by atomic mass is 10.0. The van der Waals surface area contributed by atoms with Crippen molar-refractivity contribution in [3.63, 3.8) is 0 Å². The smallest absolute Gasteiger partial charge is 0.353 e. The second kappa shape index (κ2) is 9.67. The number of rotatable bonds is 4. The molecule has 0 spiro atoms. The number of piperazine rings is 1. The van der Waals surface area contributed by atoms with E-state index in [2.05, 4.69) is 16.8 Å². The SMILES string of the molecule is CC1CCCCN1c1nc(-c2ccccc2)nc(N2CCN(c3ncccc3C(F)(F)F)CC2)n1. The number of pyridine rings is 1. The summed E-state index contributed by atoms with van der Waals surface area (Å²) in [5.41, 5.74) is 0.199. The first-order chi connectivity index (χ1) is 16.9. The summed E-state index contributed by atoms with van der Waals surface area (Å²) < 4.78 is 40.5.